The molecule has 0 atom stereocenters. The third kappa shape index (κ3) is 8.66. The lowest BCUT2D eigenvalue weighted by atomic mass is 9.98. The van der Waals surface area contributed by atoms with Gasteiger partial charge in [-0.3, -0.25) is 14.3 Å². The highest BCUT2D eigenvalue weighted by Crippen LogP contribution is 2.36. The molecule has 0 aliphatic carbocycles. The summed E-state index contributed by atoms with van der Waals surface area (Å²) < 4.78 is 43.2. The molecule has 0 spiro atoms. The SMILES string of the molecule is CCCc1c(OCCCCCOc2ccc(NS(C)(=O)=O)cc2CCC(=O)O)ccc2c1OCCC2=O. The van der Waals surface area contributed by atoms with Crippen molar-refractivity contribution in [3.05, 3.63) is 47.0 Å². The zero-order valence-electron chi connectivity index (χ0n) is 21.4. The number of ether oxygens (including phenoxy) is 3. The molecule has 2 N–H and O–H groups in total. The average molecular weight is 534 g/mol. The van der Waals surface area contributed by atoms with Crippen molar-refractivity contribution in [3.63, 3.8) is 0 Å². The van der Waals surface area contributed by atoms with Gasteiger partial charge in [-0.1, -0.05) is 13.3 Å². The van der Waals surface area contributed by atoms with Gasteiger partial charge >= 0.3 is 5.97 Å². The summed E-state index contributed by atoms with van der Waals surface area (Å²) in [5.74, 6) is 1.14. The molecule has 9 nitrogen and oxygen atoms in total. The van der Waals surface area contributed by atoms with Crippen LogP contribution in [0.5, 0.6) is 17.2 Å². The van der Waals surface area contributed by atoms with E-state index in [1.807, 2.05) is 6.07 Å². The lowest BCUT2D eigenvalue weighted by Gasteiger charge is -2.22. The van der Waals surface area contributed by atoms with Crippen LogP contribution in [-0.2, 0) is 27.7 Å². The number of sulfonamides is 1. The van der Waals surface area contributed by atoms with E-state index in [4.69, 9.17) is 19.3 Å². The van der Waals surface area contributed by atoms with Gasteiger partial charge in [-0.05, 0) is 68.0 Å². The summed E-state index contributed by atoms with van der Waals surface area (Å²) in [6.45, 7) is 3.45. The van der Waals surface area contributed by atoms with Crippen LogP contribution >= 0.6 is 0 Å². The molecule has 1 aliphatic heterocycles. The Hall–Kier alpha value is -3.27. The summed E-state index contributed by atoms with van der Waals surface area (Å²) in [6, 6.07) is 8.51. The fourth-order valence-electron chi connectivity index (χ4n) is 4.18. The highest BCUT2D eigenvalue weighted by atomic mass is 32.2. The fourth-order valence-corrected chi connectivity index (χ4v) is 4.73. The Morgan fingerprint density at radius 3 is 2.43 bits per heavy atom. The standard InChI is InChI=1S/C27H35NO8S/c1-3-7-22-25(12-10-21-23(29)14-17-36-27(21)22)35-16-6-4-5-15-34-24-11-9-20(28-37(2,32)33)18-19(24)8-13-26(30)31/h9-12,18,28H,3-8,13-17H2,1-2H3,(H,30,31). The second-order valence-corrected chi connectivity index (χ2v) is 10.8. The van der Waals surface area contributed by atoms with E-state index in [1.165, 1.54) is 0 Å². The van der Waals surface area contributed by atoms with Crippen LogP contribution < -0.4 is 18.9 Å². The Morgan fingerprint density at radius 1 is 1.05 bits per heavy atom. The number of carboxylic acids is 1. The molecule has 1 heterocycles. The van der Waals surface area contributed by atoms with E-state index < -0.39 is 16.0 Å². The van der Waals surface area contributed by atoms with E-state index >= 15 is 0 Å². The quantitative estimate of drug-likeness (QED) is 0.317. The first kappa shape index (κ1) is 28.3. The molecule has 0 aromatic heterocycles. The molecule has 37 heavy (non-hydrogen) atoms. The molecule has 0 saturated carbocycles. The molecule has 10 heteroatoms. The maximum Gasteiger partial charge on any atom is 0.303 e. The molecular weight excluding hydrogens is 498 g/mol. The van der Waals surface area contributed by atoms with E-state index in [-0.39, 0.29) is 18.6 Å². The second kappa shape index (κ2) is 13.3. The van der Waals surface area contributed by atoms with Gasteiger partial charge in [0.2, 0.25) is 10.0 Å². The number of hydrogen-bond donors (Lipinski definition) is 2. The normalized spacial score (nSPS) is 13.0. The average Bonchev–Trinajstić information content (AvgIpc) is 2.83. The maximum atomic E-state index is 12.2. The molecule has 2 aromatic carbocycles. The van der Waals surface area contributed by atoms with Crippen LogP contribution in [0.15, 0.2) is 30.3 Å². The number of ketones is 1. The van der Waals surface area contributed by atoms with Gasteiger partial charge in [-0.15, -0.1) is 0 Å². The van der Waals surface area contributed by atoms with Crippen molar-refractivity contribution < 1.29 is 37.3 Å². The minimum atomic E-state index is -3.44. The van der Waals surface area contributed by atoms with Crippen LogP contribution in [0.3, 0.4) is 0 Å². The van der Waals surface area contributed by atoms with Crippen LogP contribution in [0.2, 0.25) is 0 Å². The summed E-state index contributed by atoms with van der Waals surface area (Å²) in [4.78, 5) is 23.2. The molecule has 0 amide bonds. The number of fused-ring (bicyclic) bond motifs is 1. The van der Waals surface area contributed by atoms with Crippen molar-refractivity contribution in [2.75, 3.05) is 30.8 Å². The van der Waals surface area contributed by atoms with Gasteiger partial charge < -0.3 is 19.3 Å². The number of anilines is 1. The van der Waals surface area contributed by atoms with Crippen LogP contribution in [0, 0.1) is 0 Å². The van der Waals surface area contributed by atoms with Crippen LogP contribution in [0.25, 0.3) is 0 Å². The minimum Gasteiger partial charge on any atom is -0.493 e. The van der Waals surface area contributed by atoms with Gasteiger partial charge in [0.1, 0.15) is 17.2 Å². The first-order chi connectivity index (χ1) is 17.7. The van der Waals surface area contributed by atoms with Gasteiger partial charge in [0.05, 0.1) is 31.6 Å². The van der Waals surface area contributed by atoms with Crippen molar-refractivity contribution in [3.8, 4) is 17.2 Å². The number of Topliss-reactive ketones (excluding diaryl/α,β-unsaturated/α-hetero) is 1. The highest BCUT2D eigenvalue weighted by Gasteiger charge is 2.23. The molecule has 202 valence electrons. The highest BCUT2D eigenvalue weighted by molar-refractivity contribution is 7.92. The molecular formula is C27H35NO8S. The van der Waals surface area contributed by atoms with E-state index in [0.29, 0.717) is 54.6 Å². The van der Waals surface area contributed by atoms with Crippen LogP contribution in [-0.4, -0.2) is 51.4 Å². The summed E-state index contributed by atoms with van der Waals surface area (Å²) in [7, 11) is -3.44. The number of nitrogens with one attached hydrogen (secondary N) is 1. The number of rotatable bonds is 15. The molecule has 1 aliphatic rings. The van der Waals surface area contributed by atoms with E-state index in [0.717, 1.165) is 49.7 Å². The van der Waals surface area contributed by atoms with E-state index in [2.05, 4.69) is 11.6 Å². The van der Waals surface area contributed by atoms with Gasteiger partial charge in [0.15, 0.2) is 5.78 Å². The van der Waals surface area contributed by atoms with Gasteiger partial charge in [0.25, 0.3) is 0 Å². The number of aryl methyl sites for hydroxylation is 1. The molecule has 2 aromatic rings. The van der Waals surface area contributed by atoms with Crippen molar-refractivity contribution >= 4 is 27.5 Å². The summed E-state index contributed by atoms with van der Waals surface area (Å²) in [5, 5.41) is 9.03. The number of hydrogen-bond acceptors (Lipinski definition) is 7. The Kier molecular flexibility index (Phi) is 10.2. The topological polar surface area (TPSA) is 128 Å². The Labute approximate surface area is 218 Å². The maximum absolute atomic E-state index is 12.2. The zero-order chi connectivity index (χ0) is 26.8. The summed E-state index contributed by atoms with van der Waals surface area (Å²) in [5.41, 5.74) is 2.60. The number of carboxylic acid groups (broad SMARTS) is 1. The van der Waals surface area contributed by atoms with Crippen molar-refractivity contribution in [2.45, 2.75) is 58.3 Å². The lowest BCUT2D eigenvalue weighted by Crippen LogP contribution is -2.17. The number of carbonyl (C=O) groups is 2. The van der Waals surface area contributed by atoms with E-state index in [9.17, 15) is 18.0 Å². The van der Waals surface area contributed by atoms with Gasteiger partial charge in [-0.25, -0.2) is 8.42 Å². The molecule has 0 saturated heterocycles. The molecule has 0 radical (unpaired) electrons. The minimum absolute atomic E-state index is 0.0854. The molecule has 0 unspecified atom stereocenters. The zero-order valence-corrected chi connectivity index (χ0v) is 22.2. The number of benzene rings is 2. The third-order valence-corrected chi connectivity index (χ3v) is 6.48. The Balaban J connectivity index is 1.49. The number of carbonyl (C=O) groups excluding carboxylic acids is 1. The van der Waals surface area contributed by atoms with Crippen molar-refractivity contribution in [1.82, 2.24) is 0 Å². The monoisotopic (exact) mass is 533 g/mol. The van der Waals surface area contributed by atoms with Gasteiger partial charge in [-0.2, -0.15) is 0 Å². The predicted octanol–water partition coefficient (Wildman–Crippen LogP) is 4.62. The molecule has 3 rings (SSSR count). The number of aliphatic carboxylic acids is 1. The second-order valence-electron chi connectivity index (χ2n) is 9.04. The predicted molar refractivity (Wildman–Crippen MR) is 141 cm³/mol. The third-order valence-electron chi connectivity index (χ3n) is 5.87. The lowest BCUT2D eigenvalue weighted by molar-refractivity contribution is -0.136. The molecule has 0 bridgehead atoms. The van der Waals surface area contributed by atoms with Crippen LogP contribution in [0.4, 0.5) is 5.69 Å². The van der Waals surface area contributed by atoms with Crippen molar-refractivity contribution in [1.29, 1.82) is 0 Å². The largest absolute Gasteiger partial charge is 0.493 e. The van der Waals surface area contributed by atoms with Crippen molar-refractivity contribution in [2.24, 2.45) is 0 Å². The summed E-state index contributed by atoms with van der Waals surface area (Å²) in [6.07, 6.45) is 5.76. The Bertz CT molecular complexity index is 1210. The first-order valence-electron chi connectivity index (χ1n) is 12.6. The summed E-state index contributed by atoms with van der Waals surface area (Å²) >= 11 is 0. The fraction of sp³-hybridized carbons (Fsp3) is 0.481. The molecule has 0 fully saturated rings. The van der Waals surface area contributed by atoms with Gasteiger partial charge in [0, 0.05) is 24.1 Å². The van der Waals surface area contributed by atoms with E-state index in [1.54, 1.807) is 24.3 Å². The van der Waals surface area contributed by atoms with Crippen LogP contribution in [0.1, 0.15) is 66.9 Å². The number of unbranched alkanes of at least 4 members (excludes halogenated alkanes) is 2. The smallest absolute Gasteiger partial charge is 0.303 e. The Morgan fingerprint density at radius 2 is 1.76 bits per heavy atom. The first-order valence-corrected chi connectivity index (χ1v) is 14.5.